The largest absolute Gasteiger partial charge is 0.490 e. The van der Waals surface area contributed by atoms with E-state index in [1.807, 2.05) is 72.5 Å². The normalized spacial score (nSPS) is 14.5. The number of hydrogen-bond acceptors (Lipinski definition) is 5. The Kier molecular flexibility index (Phi) is 11.5. The van der Waals surface area contributed by atoms with E-state index < -0.39 is 0 Å². The number of halogens is 3. The Morgan fingerprint density at radius 3 is 2.33 bits per heavy atom. The molecule has 1 aliphatic heterocycles. The van der Waals surface area contributed by atoms with Crippen molar-refractivity contribution in [2.75, 3.05) is 26.3 Å². The smallest absolute Gasteiger partial charge is 0.290 e. The highest BCUT2D eigenvalue weighted by atomic mass is 35.5. The summed E-state index contributed by atoms with van der Waals surface area (Å²) in [5.41, 5.74) is 4.99. The highest BCUT2D eigenvalue weighted by Gasteiger charge is 2.35. The van der Waals surface area contributed by atoms with Crippen LogP contribution in [0.15, 0.2) is 66.2 Å². The molecule has 0 spiro atoms. The highest BCUT2D eigenvalue weighted by molar-refractivity contribution is 6.37. The lowest BCUT2D eigenvalue weighted by Gasteiger charge is -2.28. The van der Waals surface area contributed by atoms with Gasteiger partial charge < -0.3 is 24.8 Å². The molecule has 5 rings (SSSR count). The van der Waals surface area contributed by atoms with E-state index in [9.17, 15) is 4.79 Å². The van der Waals surface area contributed by atoms with Crippen molar-refractivity contribution in [2.45, 2.75) is 38.8 Å². The Hall–Kier alpha value is -3.23. The molecule has 1 amide bonds. The molecule has 222 valence electrons. The molecular formula is C32H33Cl3N2O5. The fraction of sp³-hybridized carbons (Fsp3) is 0.312. The highest BCUT2D eigenvalue weighted by Crippen LogP contribution is 2.35. The summed E-state index contributed by atoms with van der Waals surface area (Å²) in [7, 11) is 0. The van der Waals surface area contributed by atoms with Gasteiger partial charge in [0.25, 0.3) is 12.4 Å². The monoisotopic (exact) mass is 630 g/mol. The molecule has 0 aromatic heterocycles. The standard InChI is InChI=1S/C31H31Cl3N2O3.CH2O2/c1-20-15-28(33)30(29(34)16-20)39-14-13-38-25-9-5-22(6-10-25)26-11-12-35-18-27(26)31(37)36(24-7-8-24)19-21-3-2-4-23(32)17-21;2-1-3/h2-6,9-10,15-17,24,35H,7-8,11-14,18-19H2,1H3;1H,(H,2,3). The van der Waals surface area contributed by atoms with Gasteiger partial charge >= 0.3 is 0 Å². The van der Waals surface area contributed by atoms with E-state index in [2.05, 4.69) is 5.32 Å². The van der Waals surface area contributed by atoms with Gasteiger partial charge in [0.05, 0.1) is 10.0 Å². The SMILES string of the molecule is Cc1cc(Cl)c(OCCOc2ccc(C3=C(C(=O)N(Cc4cccc(Cl)c4)C4CC4)CNCC3)cc2)c(Cl)c1.O=CO. The van der Waals surface area contributed by atoms with Crippen LogP contribution in [0.25, 0.3) is 5.57 Å². The maximum Gasteiger partial charge on any atom is 0.290 e. The van der Waals surface area contributed by atoms with Crippen LogP contribution in [-0.2, 0) is 16.1 Å². The number of ether oxygens (including phenoxy) is 2. The minimum Gasteiger partial charge on any atom is -0.490 e. The minimum atomic E-state index is -0.250. The molecular weight excluding hydrogens is 599 g/mol. The Morgan fingerprint density at radius 2 is 1.69 bits per heavy atom. The molecule has 7 nitrogen and oxygen atoms in total. The molecule has 1 aliphatic carbocycles. The molecule has 2 N–H and O–H groups in total. The van der Waals surface area contributed by atoms with Crippen LogP contribution in [0.4, 0.5) is 0 Å². The summed E-state index contributed by atoms with van der Waals surface area (Å²) in [6.45, 7) is 4.29. The first-order valence-corrected chi connectivity index (χ1v) is 14.8. The zero-order chi connectivity index (χ0) is 30.1. The Bertz CT molecular complexity index is 1400. The van der Waals surface area contributed by atoms with Crippen molar-refractivity contribution in [3.05, 3.63) is 98.0 Å². The molecule has 1 saturated carbocycles. The van der Waals surface area contributed by atoms with E-state index in [0.29, 0.717) is 47.1 Å². The van der Waals surface area contributed by atoms with Gasteiger partial charge in [0.15, 0.2) is 5.75 Å². The first kappa shape index (κ1) is 31.7. The Labute approximate surface area is 261 Å². The van der Waals surface area contributed by atoms with Crippen molar-refractivity contribution >= 4 is 52.8 Å². The molecule has 0 radical (unpaired) electrons. The topological polar surface area (TPSA) is 88.1 Å². The van der Waals surface area contributed by atoms with E-state index in [0.717, 1.165) is 59.4 Å². The van der Waals surface area contributed by atoms with Crippen LogP contribution < -0.4 is 14.8 Å². The molecule has 1 heterocycles. The number of carbonyl (C=O) groups excluding carboxylic acids is 1. The minimum absolute atomic E-state index is 0.102. The predicted molar refractivity (Wildman–Crippen MR) is 167 cm³/mol. The van der Waals surface area contributed by atoms with Crippen LogP contribution in [-0.4, -0.2) is 54.7 Å². The third kappa shape index (κ3) is 8.65. The van der Waals surface area contributed by atoms with E-state index in [4.69, 9.17) is 54.2 Å². The summed E-state index contributed by atoms with van der Waals surface area (Å²) in [5.74, 6) is 1.30. The van der Waals surface area contributed by atoms with Crippen molar-refractivity contribution in [3.8, 4) is 11.5 Å². The molecule has 2 aliphatic rings. The number of rotatable bonds is 10. The molecule has 0 unspecified atom stereocenters. The average Bonchev–Trinajstić information content (AvgIpc) is 3.81. The van der Waals surface area contributed by atoms with Crippen molar-refractivity contribution in [3.63, 3.8) is 0 Å². The summed E-state index contributed by atoms with van der Waals surface area (Å²) < 4.78 is 11.6. The number of nitrogens with zero attached hydrogens (tertiary/aromatic N) is 1. The number of carbonyl (C=O) groups is 2. The molecule has 3 aromatic carbocycles. The fourth-order valence-electron chi connectivity index (χ4n) is 4.85. The second-order valence-corrected chi connectivity index (χ2v) is 11.3. The molecule has 10 heteroatoms. The van der Waals surface area contributed by atoms with E-state index in [-0.39, 0.29) is 18.4 Å². The zero-order valence-electron chi connectivity index (χ0n) is 23.2. The lowest BCUT2D eigenvalue weighted by Crippen LogP contribution is -2.39. The summed E-state index contributed by atoms with van der Waals surface area (Å²) in [5, 5.41) is 11.9. The van der Waals surface area contributed by atoms with Crippen LogP contribution in [0.5, 0.6) is 11.5 Å². The summed E-state index contributed by atoms with van der Waals surface area (Å²) in [6.07, 6.45) is 2.88. The second kappa shape index (κ2) is 15.3. The molecule has 0 atom stereocenters. The van der Waals surface area contributed by atoms with Crippen molar-refractivity contribution in [2.24, 2.45) is 0 Å². The van der Waals surface area contributed by atoms with Crippen molar-refractivity contribution < 1.29 is 24.2 Å². The summed E-state index contributed by atoms with van der Waals surface area (Å²) in [4.78, 5) is 24.2. The van der Waals surface area contributed by atoms with Gasteiger partial charge in [0, 0.05) is 29.7 Å². The van der Waals surface area contributed by atoms with Gasteiger partial charge in [0.1, 0.15) is 19.0 Å². The number of nitrogens with one attached hydrogen (secondary N) is 1. The Balaban J connectivity index is 0.00000129. The molecule has 42 heavy (non-hydrogen) atoms. The van der Waals surface area contributed by atoms with Gasteiger partial charge in [-0.25, -0.2) is 0 Å². The lowest BCUT2D eigenvalue weighted by molar-refractivity contribution is -0.128. The predicted octanol–water partition coefficient (Wildman–Crippen LogP) is 7.05. The number of benzene rings is 3. The number of carboxylic acid groups (broad SMARTS) is 1. The number of aryl methyl sites for hydroxylation is 1. The van der Waals surface area contributed by atoms with Crippen molar-refractivity contribution in [1.82, 2.24) is 10.2 Å². The van der Waals surface area contributed by atoms with Gasteiger partial charge in [-0.1, -0.05) is 59.1 Å². The van der Waals surface area contributed by atoms with Crippen LogP contribution in [0, 0.1) is 6.92 Å². The van der Waals surface area contributed by atoms with Crippen LogP contribution in [0.2, 0.25) is 15.1 Å². The molecule has 0 bridgehead atoms. The molecule has 0 saturated heterocycles. The van der Waals surface area contributed by atoms with Gasteiger partial charge in [-0.15, -0.1) is 0 Å². The molecule has 3 aromatic rings. The van der Waals surface area contributed by atoms with Gasteiger partial charge in [0.2, 0.25) is 0 Å². The molecule has 1 fully saturated rings. The first-order chi connectivity index (χ1) is 20.3. The van der Waals surface area contributed by atoms with E-state index in [1.54, 1.807) is 0 Å². The third-order valence-electron chi connectivity index (χ3n) is 6.91. The van der Waals surface area contributed by atoms with Crippen molar-refractivity contribution in [1.29, 1.82) is 0 Å². The van der Waals surface area contributed by atoms with Crippen LogP contribution in [0.3, 0.4) is 0 Å². The van der Waals surface area contributed by atoms with E-state index in [1.165, 1.54) is 0 Å². The average molecular weight is 632 g/mol. The number of hydrogen-bond donors (Lipinski definition) is 2. The second-order valence-electron chi connectivity index (χ2n) is 10.1. The fourth-order valence-corrected chi connectivity index (χ4v) is 5.76. The number of amides is 1. The summed E-state index contributed by atoms with van der Waals surface area (Å²) >= 11 is 18.7. The van der Waals surface area contributed by atoms with Gasteiger partial charge in [-0.2, -0.15) is 0 Å². The maximum atomic E-state index is 13.8. The third-order valence-corrected chi connectivity index (χ3v) is 7.71. The Morgan fingerprint density at radius 1 is 1.02 bits per heavy atom. The maximum absolute atomic E-state index is 13.8. The summed E-state index contributed by atoms with van der Waals surface area (Å²) in [6, 6.07) is 19.6. The quantitative estimate of drug-likeness (QED) is 0.184. The van der Waals surface area contributed by atoms with E-state index >= 15 is 0 Å². The first-order valence-electron chi connectivity index (χ1n) is 13.7. The van der Waals surface area contributed by atoms with Gasteiger partial charge in [-0.3, -0.25) is 9.59 Å². The van der Waals surface area contributed by atoms with Crippen LogP contribution in [0.1, 0.15) is 36.0 Å². The zero-order valence-corrected chi connectivity index (χ0v) is 25.5. The van der Waals surface area contributed by atoms with Gasteiger partial charge in [-0.05, 0) is 91.4 Å². The van der Waals surface area contributed by atoms with Crippen LogP contribution >= 0.6 is 34.8 Å². The lowest BCUT2D eigenvalue weighted by atomic mass is 9.93.